The van der Waals surface area contributed by atoms with Gasteiger partial charge in [0.1, 0.15) is 5.75 Å². The first-order chi connectivity index (χ1) is 9.60. The summed E-state index contributed by atoms with van der Waals surface area (Å²) < 4.78 is 5.12. The molecular weight excluding hydrogens is 270 g/mol. The number of thiol groups is 1. The van der Waals surface area contributed by atoms with Crippen molar-refractivity contribution in [2.75, 3.05) is 7.11 Å². The molecule has 0 aliphatic carbocycles. The molecule has 0 bridgehead atoms. The Hall–Kier alpha value is -1.94. The number of methoxy groups -OCH3 is 1. The van der Waals surface area contributed by atoms with E-state index in [1.54, 1.807) is 31.4 Å². The standard InChI is InChI=1S/C16H17NO2S/c1-11(12-3-7-14(19-2)8-4-12)17-16(18)13-5-9-15(20)10-6-13/h3-11,20H,1-2H3,(H,17,18). The van der Waals surface area contributed by atoms with Gasteiger partial charge in [0, 0.05) is 10.5 Å². The Morgan fingerprint density at radius 2 is 1.70 bits per heavy atom. The van der Waals surface area contributed by atoms with Crippen LogP contribution in [0.4, 0.5) is 0 Å². The molecule has 3 nitrogen and oxygen atoms in total. The van der Waals surface area contributed by atoms with Gasteiger partial charge in [0.2, 0.25) is 0 Å². The topological polar surface area (TPSA) is 38.3 Å². The molecular formula is C16H17NO2S. The molecule has 0 aliphatic heterocycles. The Balaban J connectivity index is 2.04. The lowest BCUT2D eigenvalue weighted by Gasteiger charge is -2.15. The molecule has 1 unspecified atom stereocenters. The van der Waals surface area contributed by atoms with Gasteiger partial charge in [0.25, 0.3) is 5.91 Å². The summed E-state index contributed by atoms with van der Waals surface area (Å²) in [6.07, 6.45) is 0. The highest BCUT2D eigenvalue weighted by Gasteiger charge is 2.11. The Kier molecular flexibility index (Phi) is 4.69. The predicted octanol–water partition coefficient (Wildman–Crippen LogP) is 3.47. The van der Waals surface area contributed by atoms with E-state index in [2.05, 4.69) is 17.9 Å². The molecule has 0 spiro atoms. The molecule has 0 aromatic heterocycles. The lowest BCUT2D eigenvalue weighted by molar-refractivity contribution is 0.0940. The minimum absolute atomic E-state index is 0.0657. The number of benzene rings is 2. The molecule has 0 saturated carbocycles. The summed E-state index contributed by atoms with van der Waals surface area (Å²) in [6, 6.07) is 14.7. The fraction of sp³-hybridized carbons (Fsp3) is 0.188. The average Bonchev–Trinajstić information content (AvgIpc) is 2.48. The van der Waals surface area contributed by atoms with Crippen molar-refractivity contribution < 1.29 is 9.53 Å². The summed E-state index contributed by atoms with van der Waals surface area (Å²) in [6.45, 7) is 1.95. The van der Waals surface area contributed by atoms with Crippen molar-refractivity contribution in [3.8, 4) is 5.75 Å². The molecule has 0 radical (unpaired) electrons. The lowest BCUT2D eigenvalue weighted by Crippen LogP contribution is -2.26. The van der Waals surface area contributed by atoms with Crippen LogP contribution in [0.3, 0.4) is 0 Å². The van der Waals surface area contributed by atoms with Crippen molar-refractivity contribution in [3.05, 3.63) is 59.7 Å². The highest BCUT2D eigenvalue weighted by Crippen LogP contribution is 2.18. The summed E-state index contributed by atoms with van der Waals surface area (Å²) in [5.41, 5.74) is 1.66. The third-order valence-corrected chi connectivity index (χ3v) is 3.39. The molecule has 20 heavy (non-hydrogen) atoms. The van der Waals surface area contributed by atoms with Crippen molar-refractivity contribution in [2.45, 2.75) is 17.9 Å². The number of amides is 1. The minimum atomic E-state index is -0.0957. The normalized spacial score (nSPS) is 11.8. The van der Waals surface area contributed by atoms with Gasteiger partial charge in [-0.3, -0.25) is 4.79 Å². The van der Waals surface area contributed by atoms with Gasteiger partial charge < -0.3 is 10.1 Å². The molecule has 0 aliphatic rings. The molecule has 2 aromatic rings. The quantitative estimate of drug-likeness (QED) is 0.845. The van der Waals surface area contributed by atoms with Crippen LogP contribution in [0.2, 0.25) is 0 Å². The van der Waals surface area contributed by atoms with Crippen molar-refractivity contribution in [3.63, 3.8) is 0 Å². The Bertz CT molecular complexity index is 578. The molecule has 104 valence electrons. The first-order valence-electron chi connectivity index (χ1n) is 6.34. The monoisotopic (exact) mass is 287 g/mol. The number of hydrogen-bond donors (Lipinski definition) is 2. The smallest absolute Gasteiger partial charge is 0.251 e. The zero-order valence-corrected chi connectivity index (χ0v) is 12.4. The largest absolute Gasteiger partial charge is 0.497 e. The van der Waals surface area contributed by atoms with Crippen LogP contribution in [0.15, 0.2) is 53.4 Å². The number of nitrogens with one attached hydrogen (secondary N) is 1. The van der Waals surface area contributed by atoms with Crippen LogP contribution in [0, 0.1) is 0 Å². The second kappa shape index (κ2) is 6.48. The number of rotatable bonds is 4. The van der Waals surface area contributed by atoms with Gasteiger partial charge >= 0.3 is 0 Å². The number of hydrogen-bond acceptors (Lipinski definition) is 3. The molecule has 0 fully saturated rings. The molecule has 2 rings (SSSR count). The van der Waals surface area contributed by atoms with Crippen molar-refractivity contribution >= 4 is 18.5 Å². The van der Waals surface area contributed by atoms with Crippen LogP contribution in [0.25, 0.3) is 0 Å². The Morgan fingerprint density at radius 3 is 2.25 bits per heavy atom. The van der Waals surface area contributed by atoms with Crippen molar-refractivity contribution in [2.24, 2.45) is 0 Å². The predicted molar refractivity (Wildman–Crippen MR) is 82.6 cm³/mol. The third-order valence-electron chi connectivity index (χ3n) is 3.09. The van der Waals surface area contributed by atoms with Crippen LogP contribution in [0.5, 0.6) is 5.75 Å². The maximum absolute atomic E-state index is 12.1. The SMILES string of the molecule is COc1ccc(C(C)NC(=O)c2ccc(S)cc2)cc1. The number of ether oxygens (including phenoxy) is 1. The zero-order valence-electron chi connectivity index (χ0n) is 11.5. The molecule has 4 heteroatoms. The maximum atomic E-state index is 12.1. The summed E-state index contributed by atoms with van der Waals surface area (Å²) in [5, 5.41) is 2.96. The zero-order chi connectivity index (χ0) is 14.5. The van der Waals surface area contributed by atoms with Crippen LogP contribution in [-0.2, 0) is 0 Å². The molecule has 0 saturated heterocycles. The van der Waals surface area contributed by atoms with Gasteiger partial charge in [-0.05, 0) is 48.9 Å². The summed E-state index contributed by atoms with van der Waals surface area (Å²) in [5.74, 6) is 0.707. The first-order valence-corrected chi connectivity index (χ1v) is 6.78. The van der Waals surface area contributed by atoms with E-state index in [1.807, 2.05) is 31.2 Å². The summed E-state index contributed by atoms with van der Waals surface area (Å²) in [7, 11) is 1.63. The molecule has 1 N–H and O–H groups in total. The number of carbonyl (C=O) groups excluding carboxylic acids is 1. The second-order valence-electron chi connectivity index (χ2n) is 4.52. The minimum Gasteiger partial charge on any atom is -0.497 e. The van der Waals surface area contributed by atoms with Crippen molar-refractivity contribution in [1.29, 1.82) is 0 Å². The fourth-order valence-corrected chi connectivity index (χ4v) is 2.02. The van der Waals surface area contributed by atoms with E-state index in [-0.39, 0.29) is 11.9 Å². The van der Waals surface area contributed by atoms with Gasteiger partial charge in [-0.15, -0.1) is 12.6 Å². The summed E-state index contributed by atoms with van der Waals surface area (Å²) in [4.78, 5) is 12.9. The van der Waals surface area contributed by atoms with E-state index in [4.69, 9.17) is 4.74 Å². The van der Waals surface area contributed by atoms with E-state index in [0.717, 1.165) is 16.2 Å². The van der Waals surface area contributed by atoms with Gasteiger partial charge in [-0.2, -0.15) is 0 Å². The summed E-state index contributed by atoms with van der Waals surface area (Å²) >= 11 is 4.20. The van der Waals surface area contributed by atoms with Crippen LogP contribution >= 0.6 is 12.6 Å². The Morgan fingerprint density at radius 1 is 1.10 bits per heavy atom. The van der Waals surface area contributed by atoms with Gasteiger partial charge in [0.15, 0.2) is 0 Å². The van der Waals surface area contributed by atoms with E-state index < -0.39 is 0 Å². The first kappa shape index (κ1) is 14.5. The fourth-order valence-electron chi connectivity index (χ4n) is 1.87. The maximum Gasteiger partial charge on any atom is 0.251 e. The molecule has 1 atom stereocenters. The van der Waals surface area contributed by atoms with Crippen molar-refractivity contribution in [1.82, 2.24) is 5.32 Å². The number of carbonyl (C=O) groups is 1. The van der Waals surface area contributed by atoms with Gasteiger partial charge in [0.05, 0.1) is 13.2 Å². The van der Waals surface area contributed by atoms with Crippen LogP contribution in [0.1, 0.15) is 28.9 Å². The van der Waals surface area contributed by atoms with E-state index in [0.29, 0.717) is 5.56 Å². The third kappa shape index (κ3) is 3.54. The van der Waals surface area contributed by atoms with Gasteiger partial charge in [-0.1, -0.05) is 12.1 Å². The molecule has 0 heterocycles. The van der Waals surface area contributed by atoms with Crippen LogP contribution < -0.4 is 10.1 Å². The van der Waals surface area contributed by atoms with E-state index >= 15 is 0 Å². The molecule has 2 aromatic carbocycles. The highest BCUT2D eigenvalue weighted by molar-refractivity contribution is 7.80. The highest BCUT2D eigenvalue weighted by atomic mass is 32.1. The van der Waals surface area contributed by atoms with Crippen LogP contribution in [-0.4, -0.2) is 13.0 Å². The second-order valence-corrected chi connectivity index (χ2v) is 5.03. The average molecular weight is 287 g/mol. The Labute approximate surface area is 124 Å². The van der Waals surface area contributed by atoms with E-state index in [9.17, 15) is 4.79 Å². The van der Waals surface area contributed by atoms with E-state index in [1.165, 1.54) is 0 Å². The lowest BCUT2D eigenvalue weighted by atomic mass is 10.1. The molecule has 1 amide bonds. The van der Waals surface area contributed by atoms with Gasteiger partial charge in [-0.25, -0.2) is 0 Å².